The van der Waals surface area contributed by atoms with Crippen molar-refractivity contribution in [2.75, 3.05) is 32.9 Å². The van der Waals surface area contributed by atoms with Gasteiger partial charge < -0.3 is 9.80 Å². The molecule has 1 amide bonds. The summed E-state index contributed by atoms with van der Waals surface area (Å²) >= 11 is 0. The first-order chi connectivity index (χ1) is 9.29. The molecule has 0 aliphatic carbocycles. The van der Waals surface area contributed by atoms with Crippen LogP contribution in [0.3, 0.4) is 0 Å². The maximum absolute atomic E-state index is 12.5. The number of hydrogen-bond donors (Lipinski definition) is 0. The molecule has 0 bridgehead atoms. The number of carbonyl (C=O) groups is 1. The molecule has 2 rings (SSSR count). The van der Waals surface area contributed by atoms with Crippen molar-refractivity contribution in [2.45, 2.75) is 17.9 Å². The smallest absolute Gasteiger partial charge is 0.254 e. The summed E-state index contributed by atoms with van der Waals surface area (Å²) in [6.07, 6.45) is 1.15. The summed E-state index contributed by atoms with van der Waals surface area (Å²) in [6.45, 7) is 4.34. The predicted octanol–water partition coefficient (Wildman–Crippen LogP) is 0.866. The van der Waals surface area contributed by atoms with Crippen LogP contribution in [-0.4, -0.2) is 63.1 Å². The van der Waals surface area contributed by atoms with Crippen LogP contribution in [0.2, 0.25) is 0 Å². The summed E-state index contributed by atoms with van der Waals surface area (Å²) in [7, 11) is -1.26. The molecule has 6 heteroatoms. The standard InChI is InChI=1S/C14H20N2O3S/c1-11-10-15(2)7-8-16(11)14(17)12-5-4-6-13(9-12)20(3,18)19/h4-6,9,11H,7-8,10H2,1-3H3. The first-order valence-electron chi connectivity index (χ1n) is 6.58. The molecule has 0 spiro atoms. The molecular weight excluding hydrogens is 276 g/mol. The minimum atomic E-state index is -3.29. The molecule has 0 aromatic heterocycles. The quantitative estimate of drug-likeness (QED) is 0.812. The molecule has 1 heterocycles. The minimum absolute atomic E-state index is 0.101. The predicted molar refractivity (Wildman–Crippen MR) is 77.5 cm³/mol. The Balaban J connectivity index is 2.26. The third-order valence-electron chi connectivity index (χ3n) is 3.60. The second-order valence-electron chi connectivity index (χ2n) is 5.41. The summed E-state index contributed by atoms with van der Waals surface area (Å²) in [5.74, 6) is -0.101. The lowest BCUT2D eigenvalue weighted by molar-refractivity contribution is 0.0533. The van der Waals surface area contributed by atoms with Crippen LogP contribution in [0, 0.1) is 0 Å². The highest BCUT2D eigenvalue weighted by atomic mass is 32.2. The van der Waals surface area contributed by atoms with Gasteiger partial charge in [0.2, 0.25) is 0 Å². The number of carbonyl (C=O) groups excluding carboxylic acids is 1. The van der Waals surface area contributed by atoms with Gasteiger partial charge >= 0.3 is 0 Å². The Morgan fingerprint density at radius 2 is 2.00 bits per heavy atom. The average molecular weight is 296 g/mol. The van der Waals surface area contributed by atoms with E-state index < -0.39 is 9.84 Å². The van der Waals surface area contributed by atoms with Gasteiger partial charge in [-0.2, -0.15) is 0 Å². The molecule has 1 aliphatic heterocycles. The van der Waals surface area contributed by atoms with Gasteiger partial charge in [-0.15, -0.1) is 0 Å². The van der Waals surface area contributed by atoms with Crippen molar-refractivity contribution in [3.63, 3.8) is 0 Å². The molecule has 5 nitrogen and oxygen atoms in total. The number of benzene rings is 1. The van der Waals surface area contributed by atoms with Gasteiger partial charge in [0, 0.05) is 37.5 Å². The molecule has 1 aromatic carbocycles. The van der Waals surface area contributed by atoms with Gasteiger partial charge in [-0.1, -0.05) is 6.07 Å². The van der Waals surface area contributed by atoms with Crippen molar-refractivity contribution in [2.24, 2.45) is 0 Å². The van der Waals surface area contributed by atoms with E-state index in [2.05, 4.69) is 4.90 Å². The summed E-state index contributed by atoms with van der Waals surface area (Å²) < 4.78 is 23.1. The van der Waals surface area contributed by atoms with Crippen LogP contribution < -0.4 is 0 Å². The Morgan fingerprint density at radius 3 is 2.60 bits per heavy atom. The molecule has 0 N–H and O–H groups in total. The van der Waals surface area contributed by atoms with Gasteiger partial charge in [-0.25, -0.2) is 8.42 Å². The lowest BCUT2D eigenvalue weighted by Crippen LogP contribution is -2.52. The molecule has 1 fully saturated rings. The number of amides is 1. The molecule has 0 saturated carbocycles. The van der Waals surface area contributed by atoms with Crippen molar-refractivity contribution >= 4 is 15.7 Å². The number of rotatable bonds is 2. The van der Waals surface area contributed by atoms with Crippen LogP contribution in [0.5, 0.6) is 0 Å². The molecular formula is C14H20N2O3S. The molecule has 110 valence electrons. The van der Waals surface area contributed by atoms with Gasteiger partial charge in [0.1, 0.15) is 0 Å². The summed E-state index contributed by atoms with van der Waals surface area (Å²) in [6, 6.07) is 6.39. The average Bonchev–Trinajstić information content (AvgIpc) is 2.37. The Labute approximate surface area is 120 Å². The number of likely N-dealkylation sites (N-methyl/N-ethyl adjacent to an activating group) is 1. The first-order valence-corrected chi connectivity index (χ1v) is 8.48. The summed E-state index contributed by atoms with van der Waals surface area (Å²) in [5, 5.41) is 0. The molecule has 1 unspecified atom stereocenters. The van der Waals surface area contributed by atoms with Crippen molar-refractivity contribution in [1.82, 2.24) is 9.80 Å². The van der Waals surface area contributed by atoms with Gasteiger partial charge in [0.25, 0.3) is 5.91 Å². The number of sulfone groups is 1. The fourth-order valence-corrected chi connectivity index (χ4v) is 3.13. The second kappa shape index (κ2) is 5.54. The highest BCUT2D eigenvalue weighted by molar-refractivity contribution is 7.90. The highest BCUT2D eigenvalue weighted by Gasteiger charge is 2.26. The lowest BCUT2D eigenvalue weighted by atomic mass is 10.1. The summed E-state index contributed by atoms with van der Waals surface area (Å²) in [5.41, 5.74) is 0.435. The van der Waals surface area contributed by atoms with E-state index in [1.807, 2.05) is 14.0 Å². The van der Waals surface area contributed by atoms with E-state index in [0.717, 1.165) is 19.3 Å². The number of nitrogens with zero attached hydrogens (tertiary/aromatic N) is 2. The highest BCUT2D eigenvalue weighted by Crippen LogP contribution is 2.16. The second-order valence-corrected chi connectivity index (χ2v) is 7.43. The Morgan fingerprint density at radius 1 is 1.30 bits per heavy atom. The zero-order valence-electron chi connectivity index (χ0n) is 12.0. The van der Waals surface area contributed by atoms with Crippen LogP contribution in [0.4, 0.5) is 0 Å². The minimum Gasteiger partial charge on any atom is -0.333 e. The van der Waals surface area contributed by atoms with Crippen LogP contribution >= 0.6 is 0 Å². The first kappa shape index (κ1) is 15.0. The van der Waals surface area contributed by atoms with E-state index in [0.29, 0.717) is 12.1 Å². The molecule has 20 heavy (non-hydrogen) atoms. The van der Waals surface area contributed by atoms with Gasteiger partial charge in [0.15, 0.2) is 9.84 Å². The Kier molecular flexibility index (Phi) is 4.15. The van der Waals surface area contributed by atoms with Crippen molar-refractivity contribution in [3.8, 4) is 0 Å². The van der Waals surface area contributed by atoms with Crippen molar-refractivity contribution in [1.29, 1.82) is 0 Å². The van der Waals surface area contributed by atoms with Gasteiger partial charge in [-0.05, 0) is 32.2 Å². The van der Waals surface area contributed by atoms with Gasteiger partial charge in [-0.3, -0.25) is 4.79 Å². The maximum atomic E-state index is 12.5. The monoisotopic (exact) mass is 296 g/mol. The van der Waals surface area contributed by atoms with Crippen LogP contribution in [0.15, 0.2) is 29.2 Å². The largest absolute Gasteiger partial charge is 0.333 e. The summed E-state index contributed by atoms with van der Waals surface area (Å²) in [4.78, 5) is 16.7. The van der Waals surface area contributed by atoms with E-state index in [-0.39, 0.29) is 16.8 Å². The molecule has 1 atom stereocenters. The van der Waals surface area contributed by atoms with E-state index in [1.165, 1.54) is 12.1 Å². The Bertz CT molecular complexity index is 613. The third-order valence-corrected chi connectivity index (χ3v) is 4.71. The zero-order chi connectivity index (χ0) is 14.9. The normalized spacial score (nSPS) is 20.9. The van der Waals surface area contributed by atoms with E-state index in [4.69, 9.17) is 0 Å². The zero-order valence-corrected chi connectivity index (χ0v) is 12.9. The fourth-order valence-electron chi connectivity index (χ4n) is 2.47. The molecule has 1 aromatic rings. The third kappa shape index (κ3) is 3.19. The number of piperazine rings is 1. The van der Waals surface area contributed by atoms with Crippen molar-refractivity contribution in [3.05, 3.63) is 29.8 Å². The van der Waals surface area contributed by atoms with Crippen LogP contribution in [0.1, 0.15) is 17.3 Å². The fraction of sp³-hybridized carbons (Fsp3) is 0.500. The molecule has 0 radical (unpaired) electrons. The SMILES string of the molecule is CC1CN(C)CCN1C(=O)c1cccc(S(C)(=O)=O)c1. The van der Waals surface area contributed by atoms with E-state index in [9.17, 15) is 13.2 Å². The maximum Gasteiger partial charge on any atom is 0.254 e. The topological polar surface area (TPSA) is 57.7 Å². The van der Waals surface area contributed by atoms with Crippen LogP contribution in [0.25, 0.3) is 0 Å². The Hall–Kier alpha value is -1.40. The molecule has 1 aliphatic rings. The number of hydrogen-bond acceptors (Lipinski definition) is 4. The van der Waals surface area contributed by atoms with Gasteiger partial charge in [0.05, 0.1) is 4.90 Å². The van der Waals surface area contributed by atoms with E-state index in [1.54, 1.807) is 17.0 Å². The van der Waals surface area contributed by atoms with Crippen LogP contribution in [-0.2, 0) is 9.84 Å². The van der Waals surface area contributed by atoms with Crippen molar-refractivity contribution < 1.29 is 13.2 Å². The lowest BCUT2D eigenvalue weighted by Gasteiger charge is -2.38. The van der Waals surface area contributed by atoms with E-state index >= 15 is 0 Å². The molecule has 1 saturated heterocycles.